The van der Waals surface area contributed by atoms with E-state index in [4.69, 9.17) is 5.73 Å². The Hall–Kier alpha value is -1.00. The molecule has 0 spiro atoms. The predicted octanol–water partition coefficient (Wildman–Crippen LogP) is 1.72. The van der Waals surface area contributed by atoms with Crippen LogP contribution in [0.25, 0.3) is 0 Å². The predicted molar refractivity (Wildman–Crippen MR) is 72.2 cm³/mol. The first-order valence-corrected chi connectivity index (χ1v) is 7.01. The summed E-state index contributed by atoms with van der Waals surface area (Å²) in [6, 6.07) is 7.96. The highest BCUT2D eigenvalue weighted by Gasteiger charge is 2.24. The fraction of sp³-hybridized carbons (Fsp3) is 0.462. The van der Waals surface area contributed by atoms with Crippen molar-refractivity contribution >= 4 is 17.7 Å². The molecule has 1 amide bonds. The molecule has 1 aromatic carbocycles. The average molecular weight is 250 g/mol. The minimum absolute atomic E-state index is 0.112. The van der Waals surface area contributed by atoms with Crippen molar-refractivity contribution in [3.63, 3.8) is 0 Å². The normalized spacial score (nSPS) is 19.3. The van der Waals surface area contributed by atoms with Gasteiger partial charge in [0.05, 0.1) is 0 Å². The van der Waals surface area contributed by atoms with Gasteiger partial charge in [-0.2, -0.15) is 11.8 Å². The van der Waals surface area contributed by atoms with Gasteiger partial charge in [-0.25, -0.2) is 0 Å². The van der Waals surface area contributed by atoms with Gasteiger partial charge in [0.25, 0.3) is 5.91 Å². The highest BCUT2D eigenvalue weighted by molar-refractivity contribution is 7.99. The lowest BCUT2D eigenvalue weighted by Crippen LogP contribution is -2.36. The lowest BCUT2D eigenvalue weighted by Gasteiger charge is -2.23. The van der Waals surface area contributed by atoms with Gasteiger partial charge in [0, 0.05) is 31.0 Å². The first-order valence-electron chi connectivity index (χ1n) is 5.86. The molecule has 1 aliphatic heterocycles. The van der Waals surface area contributed by atoms with E-state index < -0.39 is 0 Å². The van der Waals surface area contributed by atoms with Gasteiger partial charge in [-0.05, 0) is 29.9 Å². The van der Waals surface area contributed by atoms with Crippen molar-refractivity contribution in [2.45, 2.75) is 19.0 Å². The molecule has 1 saturated heterocycles. The zero-order valence-corrected chi connectivity index (χ0v) is 10.9. The topological polar surface area (TPSA) is 46.3 Å². The molecule has 1 aliphatic rings. The Bertz CT molecular complexity index is 385. The first-order chi connectivity index (χ1) is 8.22. The number of rotatable bonds is 3. The number of thioether (sulfide) groups is 1. The van der Waals surface area contributed by atoms with Crippen LogP contribution < -0.4 is 5.73 Å². The van der Waals surface area contributed by atoms with Crippen molar-refractivity contribution in [1.82, 2.24) is 4.90 Å². The van der Waals surface area contributed by atoms with E-state index >= 15 is 0 Å². The zero-order valence-electron chi connectivity index (χ0n) is 10.1. The molecule has 92 valence electrons. The summed E-state index contributed by atoms with van der Waals surface area (Å²) in [4.78, 5) is 14.1. The molecule has 3 nitrogen and oxygen atoms in total. The number of benzene rings is 1. The van der Waals surface area contributed by atoms with E-state index in [2.05, 4.69) is 0 Å². The summed E-state index contributed by atoms with van der Waals surface area (Å²) >= 11 is 1.92. The molecule has 2 N–H and O–H groups in total. The lowest BCUT2D eigenvalue weighted by atomic mass is 10.1. The molecule has 0 aromatic heterocycles. The molecule has 4 heteroatoms. The molecule has 0 bridgehead atoms. The standard InChI is InChI=1S/C13H18N2OS/c1-15(12-6-7-17-9-12)13(16)11-4-2-10(8-14)3-5-11/h2-5,12H,6-9,14H2,1H3. The van der Waals surface area contributed by atoms with Crippen molar-refractivity contribution < 1.29 is 4.79 Å². The van der Waals surface area contributed by atoms with E-state index in [9.17, 15) is 4.79 Å². The van der Waals surface area contributed by atoms with Crippen molar-refractivity contribution in [2.24, 2.45) is 5.73 Å². The summed E-state index contributed by atoms with van der Waals surface area (Å²) in [5.41, 5.74) is 7.34. The molecule has 1 aromatic rings. The summed E-state index contributed by atoms with van der Waals surface area (Å²) in [5, 5.41) is 0. The van der Waals surface area contributed by atoms with Crippen molar-refractivity contribution in [2.75, 3.05) is 18.6 Å². The molecule has 0 aliphatic carbocycles. The van der Waals surface area contributed by atoms with Crippen molar-refractivity contribution in [3.8, 4) is 0 Å². The molecular formula is C13H18N2OS. The van der Waals surface area contributed by atoms with E-state index in [1.807, 2.05) is 48.0 Å². The van der Waals surface area contributed by atoms with E-state index in [1.54, 1.807) is 0 Å². The third-order valence-electron chi connectivity index (χ3n) is 3.21. The molecule has 1 fully saturated rings. The number of amides is 1. The van der Waals surface area contributed by atoms with Gasteiger partial charge in [0.1, 0.15) is 0 Å². The van der Waals surface area contributed by atoms with Crippen LogP contribution in [0.3, 0.4) is 0 Å². The number of hydrogen-bond acceptors (Lipinski definition) is 3. The molecule has 0 radical (unpaired) electrons. The highest BCUT2D eigenvalue weighted by atomic mass is 32.2. The Morgan fingerprint density at radius 3 is 2.71 bits per heavy atom. The summed E-state index contributed by atoms with van der Waals surface area (Å²) in [7, 11) is 1.90. The van der Waals surface area contributed by atoms with Gasteiger partial charge in [0.15, 0.2) is 0 Å². The summed E-state index contributed by atoms with van der Waals surface area (Å²) < 4.78 is 0. The smallest absolute Gasteiger partial charge is 0.253 e. The van der Waals surface area contributed by atoms with E-state index in [-0.39, 0.29) is 5.91 Å². The number of carbonyl (C=O) groups is 1. The van der Waals surface area contributed by atoms with Crippen LogP contribution in [0, 0.1) is 0 Å². The third-order valence-corrected chi connectivity index (χ3v) is 4.36. The number of nitrogens with zero attached hydrogens (tertiary/aromatic N) is 1. The monoisotopic (exact) mass is 250 g/mol. The lowest BCUT2D eigenvalue weighted by molar-refractivity contribution is 0.0748. The van der Waals surface area contributed by atoms with Crippen LogP contribution in [-0.4, -0.2) is 35.4 Å². The Morgan fingerprint density at radius 2 is 2.18 bits per heavy atom. The van der Waals surface area contributed by atoms with E-state index in [0.717, 1.165) is 29.1 Å². The van der Waals surface area contributed by atoms with Crippen LogP contribution >= 0.6 is 11.8 Å². The SMILES string of the molecule is CN(C(=O)c1ccc(CN)cc1)C1CCSC1. The van der Waals surface area contributed by atoms with Gasteiger partial charge in [-0.15, -0.1) is 0 Å². The van der Waals surface area contributed by atoms with Gasteiger partial charge in [0.2, 0.25) is 0 Å². The second-order valence-corrected chi connectivity index (χ2v) is 5.48. The van der Waals surface area contributed by atoms with Crippen LogP contribution in [0.15, 0.2) is 24.3 Å². The van der Waals surface area contributed by atoms with Gasteiger partial charge in [-0.3, -0.25) is 4.79 Å². The quantitative estimate of drug-likeness (QED) is 0.888. The second kappa shape index (κ2) is 5.56. The maximum atomic E-state index is 12.2. The fourth-order valence-corrected chi connectivity index (χ4v) is 3.25. The van der Waals surface area contributed by atoms with Crippen LogP contribution in [0.2, 0.25) is 0 Å². The summed E-state index contributed by atoms with van der Waals surface area (Å²) in [5.74, 6) is 2.33. The van der Waals surface area contributed by atoms with Gasteiger partial charge >= 0.3 is 0 Å². The van der Waals surface area contributed by atoms with Crippen LogP contribution in [0.1, 0.15) is 22.3 Å². The van der Waals surface area contributed by atoms with Crippen LogP contribution in [-0.2, 0) is 6.54 Å². The number of carbonyl (C=O) groups excluding carboxylic acids is 1. The van der Waals surface area contributed by atoms with Crippen molar-refractivity contribution in [3.05, 3.63) is 35.4 Å². The number of nitrogens with two attached hydrogens (primary N) is 1. The van der Waals surface area contributed by atoms with Gasteiger partial charge < -0.3 is 10.6 Å². The summed E-state index contributed by atoms with van der Waals surface area (Å²) in [6.07, 6.45) is 1.10. The molecule has 1 atom stereocenters. The molecule has 1 heterocycles. The number of hydrogen-bond donors (Lipinski definition) is 1. The second-order valence-electron chi connectivity index (χ2n) is 4.33. The van der Waals surface area contributed by atoms with Gasteiger partial charge in [-0.1, -0.05) is 12.1 Å². The fourth-order valence-electron chi connectivity index (χ4n) is 1.98. The Morgan fingerprint density at radius 1 is 1.47 bits per heavy atom. The Balaban J connectivity index is 2.07. The zero-order chi connectivity index (χ0) is 12.3. The summed E-state index contributed by atoms with van der Waals surface area (Å²) in [6.45, 7) is 0.517. The minimum atomic E-state index is 0.112. The Labute approximate surface area is 106 Å². The minimum Gasteiger partial charge on any atom is -0.338 e. The van der Waals surface area contributed by atoms with Crippen molar-refractivity contribution in [1.29, 1.82) is 0 Å². The molecular weight excluding hydrogens is 232 g/mol. The maximum Gasteiger partial charge on any atom is 0.253 e. The van der Waals surface area contributed by atoms with E-state index in [0.29, 0.717) is 12.6 Å². The molecule has 0 saturated carbocycles. The molecule has 2 rings (SSSR count). The molecule has 1 unspecified atom stereocenters. The first kappa shape index (κ1) is 12.5. The van der Waals surface area contributed by atoms with Crippen LogP contribution in [0.5, 0.6) is 0 Å². The highest BCUT2D eigenvalue weighted by Crippen LogP contribution is 2.22. The van der Waals surface area contributed by atoms with Crippen LogP contribution in [0.4, 0.5) is 0 Å². The molecule has 17 heavy (non-hydrogen) atoms. The Kier molecular flexibility index (Phi) is 4.07. The van der Waals surface area contributed by atoms with E-state index in [1.165, 1.54) is 0 Å². The average Bonchev–Trinajstić information content (AvgIpc) is 2.91. The largest absolute Gasteiger partial charge is 0.338 e. The third kappa shape index (κ3) is 2.82. The maximum absolute atomic E-state index is 12.2.